The summed E-state index contributed by atoms with van der Waals surface area (Å²) < 4.78 is 57.4. The van der Waals surface area contributed by atoms with Crippen molar-refractivity contribution in [3.63, 3.8) is 0 Å². The predicted molar refractivity (Wildman–Crippen MR) is 286 cm³/mol. The number of ether oxygens (including phenoxy) is 1. The van der Waals surface area contributed by atoms with Crippen molar-refractivity contribution in [3.05, 3.63) is 178 Å². The van der Waals surface area contributed by atoms with Gasteiger partial charge < -0.3 is 25.0 Å². The first-order chi connectivity index (χ1) is 33.2. The number of hydrogen-bond acceptors (Lipinski definition) is 8. The van der Waals surface area contributed by atoms with Crippen LogP contribution in [0.25, 0.3) is 10.8 Å². The summed E-state index contributed by atoms with van der Waals surface area (Å²) in [6, 6.07) is 46.0. The van der Waals surface area contributed by atoms with Crippen molar-refractivity contribution in [2.24, 2.45) is 0 Å². The Morgan fingerprint density at radius 1 is 0.667 bits per heavy atom. The summed E-state index contributed by atoms with van der Waals surface area (Å²) in [4.78, 5) is 4.66. The highest BCUT2D eigenvalue weighted by atomic mass is 32.2. The van der Waals surface area contributed by atoms with E-state index >= 15 is 0 Å². The topological polar surface area (TPSA) is 135 Å². The molecule has 0 heterocycles. The fourth-order valence-electron chi connectivity index (χ4n) is 9.49. The average Bonchev–Trinajstić information content (AvgIpc) is 3.33. The summed E-state index contributed by atoms with van der Waals surface area (Å²) in [6.07, 6.45) is 0.380. The van der Waals surface area contributed by atoms with Crippen LogP contribution >= 0.6 is 0 Å². The van der Waals surface area contributed by atoms with Gasteiger partial charge in [0.2, 0.25) is 10.0 Å². The minimum atomic E-state index is -3.69. The zero-order chi connectivity index (χ0) is 49.4. The van der Waals surface area contributed by atoms with Crippen LogP contribution in [0.4, 0.5) is 39.8 Å². The van der Waals surface area contributed by atoms with Crippen molar-refractivity contribution in [2.45, 2.75) is 65.7 Å². The van der Waals surface area contributed by atoms with Crippen molar-refractivity contribution in [1.29, 1.82) is 0 Å². The van der Waals surface area contributed by atoms with Crippen LogP contribution in [0.5, 0.6) is 0 Å². The van der Waals surface area contributed by atoms with Gasteiger partial charge in [-0.25, -0.2) is 17.3 Å². The normalized spacial score (nSPS) is 12.5. The lowest BCUT2D eigenvalue weighted by Gasteiger charge is -2.28. The summed E-state index contributed by atoms with van der Waals surface area (Å²) in [7, 11) is -2.15. The molecule has 4 N–H and O–H groups in total. The Bertz CT molecular complexity index is 3010. The first kappa shape index (κ1) is 50.8. The Balaban J connectivity index is 1.28. The molecule has 0 fully saturated rings. The lowest BCUT2D eigenvalue weighted by atomic mass is 9.82. The van der Waals surface area contributed by atoms with Gasteiger partial charge in [0.05, 0.1) is 17.2 Å². The molecule has 69 heavy (non-hydrogen) atoms. The third-order valence-corrected chi connectivity index (χ3v) is 15.0. The van der Waals surface area contributed by atoms with E-state index in [9.17, 15) is 22.3 Å². The molecule has 7 aromatic rings. The van der Waals surface area contributed by atoms with Gasteiger partial charge >= 0.3 is 0 Å². The first-order valence-electron chi connectivity index (χ1n) is 23.5. The van der Waals surface area contributed by atoms with Gasteiger partial charge in [0.1, 0.15) is 0 Å². The number of fused-ring (bicyclic) bond motifs is 1. The number of rotatable bonds is 21. The Labute approximate surface area is 411 Å². The highest BCUT2D eigenvalue weighted by Crippen LogP contribution is 2.42. The van der Waals surface area contributed by atoms with Crippen LogP contribution in [0, 0.1) is 34.6 Å². The van der Waals surface area contributed by atoms with Crippen molar-refractivity contribution in [3.8, 4) is 0 Å². The molecule has 11 nitrogen and oxygen atoms in total. The van der Waals surface area contributed by atoms with Crippen LogP contribution < -0.4 is 24.1 Å². The number of aryl methyl sites for hydroxylation is 5. The van der Waals surface area contributed by atoms with E-state index < -0.39 is 21.3 Å². The zero-order valence-electron chi connectivity index (χ0n) is 40.9. The Morgan fingerprint density at radius 3 is 1.74 bits per heavy atom. The van der Waals surface area contributed by atoms with E-state index in [0.717, 1.165) is 67.2 Å². The molecule has 2 atom stereocenters. The molecule has 7 rings (SSSR count). The molecular formula is C56H65N5O6S2. The van der Waals surface area contributed by atoms with Gasteiger partial charge in [-0.1, -0.05) is 72.3 Å². The van der Waals surface area contributed by atoms with E-state index in [1.807, 2.05) is 38.1 Å². The monoisotopic (exact) mass is 967 g/mol. The summed E-state index contributed by atoms with van der Waals surface area (Å²) in [5.41, 5.74) is 15.5. The van der Waals surface area contributed by atoms with Crippen LogP contribution in [0.3, 0.4) is 0 Å². The van der Waals surface area contributed by atoms with Crippen molar-refractivity contribution in [1.82, 2.24) is 4.72 Å². The van der Waals surface area contributed by atoms with Crippen molar-refractivity contribution >= 4 is 71.9 Å². The van der Waals surface area contributed by atoms with E-state index in [0.29, 0.717) is 25.2 Å². The smallest absolute Gasteiger partial charge is 0.261 e. The van der Waals surface area contributed by atoms with E-state index in [4.69, 9.17) is 4.74 Å². The molecular weight excluding hydrogens is 903 g/mol. The van der Waals surface area contributed by atoms with Gasteiger partial charge in [0.15, 0.2) is 0 Å². The first-order valence-corrected chi connectivity index (χ1v) is 26.0. The standard InChI is InChI=1S/C56H65N5O6S2/c1-9-59(53-28-24-47(36-39(53)4)61(68(63)64)31-13-32-62)45-20-16-43(17-21-45)55(51-26-27-52(50-15-12-11-14-49(50)51)58-56-41(6)34-38(3)35-42(56)7)44-18-22-46(23-19-44)60(10-2)54-29-25-48(37-40(54)5)69(65,66)57-30-33-67-8/h11-12,14-29,34-37,55,57-58,62H,9-10,13,30-33H2,1-8H3,(H,63,64). The molecule has 0 bridgehead atoms. The molecule has 0 aromatic heterocycles. The lowest BCUT2D eigenvalue weighted by molar-refractivity contribution is 0.204. The average molecular weight is 968 g/mol. The molecule has 0 aliphatic heterocycles. The number of hydrogen-bond donors (Lipinski definition) is 4. The number of sulfonamides is 1. The number of aliphatic hydroxyl groups excluding tert-OH is 1. The minimum Gasteiger partial charge on any atom is -0.396 e. The maximum Gasteiger partial charge on any atom is 0.261 e. The maximum atomic E-state index is 13.0. The molecule has 0 spiro atoms. The number of nitrogens with one attached hydrogen (secondary N) is 2. The van der Waals surface area contributed by atoms with Crippen molar-refractivity contribution in [2.75, 3.05) is 65.9 Å². The molecule has 0 amide bonds. The lowest BCUT2D eigenvalue weighted by Crippen LogP contribution is -2.27. The SMILES string of the molecule is CCN(c1ccc(C(c2ccc(N(CC)c3ccc(S(=O)(=O)NCCOC)cc3C)cc2)c2ccc(Nc3c(C)cc(C)cc3C)c3ccccc23)cc1)c1ccc(N(CCCO)S(=O)O)cc1C. The summed E-state index contributed by atoms with van der Waals surface area (Å²) in [5, 5.41) is 15.5. The minimum absolute atomic E-state index is 0.0681. The van der Waals surface area contributed by atoms with Crippen LogP contribution in [0.15, 0.2) is 138 Å². The molecule has 2 unspecified atom stereocenters. The van der Waals surface area contributed by atoms with Gasteiger partial charge in [-0.2, -0.15) is 0 Å². The van der Waals surface area contributed by atoms with Gasteiger partial charge in [0.25, 0.3) is 11.3 Å². The number of methoxy groups -OCH3 is 1. The third kappa shape index (κ3) is 11.4. The summed E-state index contributed by atoms with van der Waals surface area (Å²) in [5.74, 6) is -0.151. The molecule has 7 aromatic carbocycles. The fourth-order valence-corrected chi connectivity index (χ4v) is 11.2. The fraction of sp³-hybridized carbons (Fsp3) is 0.286. The largest absolute Gasteiger partial charge is 0.396 e. The Morgan fingerprint density at radius 2 is 1.22 bits per heavy atom. The molecule has 0 saturated carbocycles. The summed E-state index contributed by atoms with van der Waals surface area (Å²) in [6.45, 7) is 16.6. The molecule has 0 aliphatic rings. The second kappa shape index (κ2) is 22.6. The number of aliphatic hydroxyl groups is 1. The van der Waals surface area contributed by atoms with E-state index in [1.54, 1.807) is 12.1 Å². The van der Waals surface area contributed by atoms with E-state index in [-0.39, 0.29) is 37.1 Å². The third-order valence-electron chi connectivity index (χ3n) is 12.7. The molecule has 0 saturated heterocycles. The molecule has 362 valence electrons. The zero-order valence-corrected chi connectivity index (χ0v) is 42.5. The van der Waals surface area contributed by atoms with Gasteiger partial charge in [-0.3, -0.25) is 8.86 Å². The number of anilines is 7. The molecule has 13 heteroatoms. The molecule has 0 aliphatic carbocycles. The molecule has 0 radical (unpaired) electrons. The number of benzene rings is 7. The van der Waals surface area contributed by atoms with Gasteiger partial charge in [0, 0.05) is 85.3 Å². The predicted octanol–water partition coefficient (Wildman–Crippen LogP) is 11.9. The highest BCUT2D eigenvalue weighted by molar-refractivity contribution is 7.89. The highest BCUT2D eigenvalue weighted by Gasteiger charge is 2.24. The maximum absolute atomic E-state index is 13.0. The van der Waals surface area contributed by atoms with E-state index in [1.165, 1.54) is 33.7 Å². The quantitative estimate of drug-likeness (QED) is 0.0315. The second-order valence-electron chi connectivity index (χ2n) is 17.5. The Kier molecular flexibility index (Phi) is 16.6. The second-order valence-corrected chi connectivity index (χ2v) is 20.1. The van der Waals surface area contributed by atoms with Gasteiger partial charge in [-0.15, -0.1) is 0 Å². The Hall–Kier alpha value is -6.06. The van der Waals surface area contributed by atoms with Crippen LogP contribution in [0.2, 0.25) is 0 Å². The van der Waals surface area contributed by atoms with E-state index in [2.05, 4.69) is 152 Å². The van der Waals surface area contributed by atoms with Crippen LogP contribution in [-0.2, 0) is 26.0 Å². The van der Waals surface area contributed by atoms with Crippen LogP contribution in [-0.4, -0.2) is 68.8 Å². The summed E-state index contributed by atoms with van der Waals surface area (Å²) >= 11 is -2.22. The number of nitrogens with zero attached hydrogens (tertiary/aromatic N) is 3. The van der Waals surface area contributed by atoms with Crippen molar-refractivity contribution < 1.29 is 27.0 Å². The van der Waals surface area contributed by atoms with Crippen LogP contribution in [0.1, 0.15) is 70.7 Å². The van der Waals surface area contributed by atoms with Gasteiger partial charge in [-0.05, 0) is 166 Å².